The van der Waals surface area contributed by atoms with Gasteiger partial charge in [0.1, 0.15) is 11.9 Å². The number of nitriles is 1. The highest BCUT2D eigenvalue weighted by Gasteiger charge is 2.33. The third-order valence-electron chi connectivity index (χ3n) is 5.47. The number of cyclic esters (lactones) is 1. The topological polar surface area (TPSA) is 85.7 Å². The Bertz CT molecular complexity index is 794. The highest BCUT2D eigenvalue weighted by atomic mass is 19.1. The van der Waals surface area contributed by atoms with Gasteiger partial charge in [-0.15, -0.1) is 0 Å². The number of hydrogen-bond donors (Lipinski definition) is 1. The summed E-state index contributed by atoms with van der Waals surface area (Å²) in [6.45, 7) is 5.38. The van der Waals surface area contributed by atoms with E-state index in [-0.39, 0.29) is 24.8 Å². The second-order valence-corrected chi connectivity index (χ2v) is 7.52. The average molecular weight is 388 g/mol. The summed E-state index contributed by atoms with van der Waals surface area (Å²) >= 11 is 0. The van der Waals surface area contributed by atoms with Crippen molar-refractivity contribution in [3.63, 3.8) is 0 Å². The number of halogens is 1. The van der Waals surface area contributed by atoms with E-state index < -0.39 is 12.2 Å². The molecule has 28 heavy (non-hydrogen) atoms. The lowest BCUT2D eigenvalue weighted by atomic mass is 9.84. The van der Waals surface area contributed by atoms with Gasteiger partial charge >= 0.3 is 6.09 Å². The quantitative estimate of drug-likeness (QED) is 0.838. The molecule has 2 aliphatic heterocycles. The fourth-order valence-corrected chi connectivity index (χ4v) is 3.85. The molecule has 3 atom stereocenters. The second kappa shape index (κ2) is 8.46. The number of nitrogens with zero attached hydrogens (tertiary/aromatic N) is 3. The van der Waals surface area contributed by atoms with Crippen LogP contribution in [0.3, 0.4) is 0 Å². The maximum Gasteiger partial charge on any atom is 0.414 e. The van der Waals surface area contributed by atoms with Gasteiger partial charge < -0.3 is 15.0 Å². The van der Waals surface area contributed by atoms with E-state index in [4.69, 9.17) is 10.00 Å². The van der Waals surface area contributed by atoms with E-state index in [2.05, 4.69) is 18.3 Å². The molecule has 2 heterocycles. The summed E-state index contributed by atoms with van der Waals surface area (Å²) in [7, 11) is 0. The SMILES string of the molecule is CC(=O)NC[C@H]1CN(c2ccc(N3CCC(CC#N)C(C)C3)c(F)c2)C(=O)O1. The van der Waals surface area contributed by atoms with Crippen LogP contribution in [-0.4, -0.2) is 44.3 Å². The van der Waals surface area contributed by atoms with Crippen molar-refractivity contribution in [2.75, 3.05) is 36.0 Å². The predicted octanol–water partition coefficient (Wildman–Crippen LogP) is 2.66. The summed E-state index contributed by atoms with van der Waals surface area (Å²) in [6.07, 6.45) is 0.388. The number of hydrogen-bond acceptors (Lipinski definition) is 5. The molecule has 8 heteroatoms. The first-order valence-corrected chi connectivity index (χ1v) is 9.53. The van der Waals surface area contributed by atoms with Crippen molar-refractivity contribution in [2.45, 2.75) is 32.8 Å². The predicted molar refractivity (Wildman–Crippen MR) is 102 cm³/mol. The Morgan fingerprint density at radius 1 is 1.43 bits per heavy atom. The minimum atomic E-state index is -0.548. The van der Waals surface area contributed by atoms with Gasteiger partial charge in [0, 0.05) is 26.4 Å². The van der Waals surface area contributed by atoms with Gasteiger partial charge in [0.2, 0.25) is 5.91 Å². The molecule has 3 rings (SSSR count). The Kier molecular flexibility index (Phi) is 6.02. The zero-order chi connectivity index (χ0) is 20.3. The van der Waals surface area contributed by atoms with E-state index in [1.807, 2.05) is 4.90 Å². The van der Waals surface area contributed by atoms with E-state index in [0.29, 0.717) is 42.7 Å². The highest BCUT2D eigenvalue weighted by molar-refractivity contribution is 5.90. The summed E-state index contributed by atoms with van der Waals surface area (Å²) in [4.78, 5) is 26.5. The summed E-state index contributed by atoms with van der Waals surface area (Å²) < 4.78 is 20.0. The van der Waals surface area contributed by atoms with Gasteiger partial charge in [-0.2, -0.15) is 5.26 Å². The molecule has 0 aliphatic carbocycles. The fourth-order valence-electron chi connectivity index (χ4n) is 3.85. The Morgan fingerprint density at radius 3 is 2.86 bits per heavy atom. The van der Waals surface area contributed by atoms with E-state index in [1.54, 1.807) is 12.1 Å². The molecular weight excluding hydrogens is 363 g/mol. The maximum atomic E-state index is 14.8. The third kappa shape index (κ3) is 4.35. The van der Waals surface area contributed by atoms with Crippen molar-refractivity contribution in [1.82, 2.24) is 5.32 Å². The molecule has 2 unspecified atom stereocenters. The minimum absolute atomic E-state index is 0.197. The zero-order valence-electron chi connectivity index (χ0n) is 16.2. The molecular formula is C20H25FN4O3. The lowest BCUT2D eigenvalue weighted by Crippen LogP contribution is -2.39. The second-order valence-electron chi connectivity index (χ2n) is 7.52. The average Bonchev–Trinajstić information content (AvgIpc) is 3.02. The molecule has 2 saturated heterocycles. The lowest BCUT2D eigenvalue weighted by molar-refractivity contribution is -0.119. The number of ether oxygens (including phenoxy) is 1. The molecule has 0 saturated carbocycles. The molecule has 150 valence electrons. The van der Waals surface area contributed by atoms with Crippen LogP contribution in [0.25, 0.3) is 0 Å². The Labute approximate surface area is 164 Å². The Morgan fingerprint density at radius 2 is 2.21 bits per heavy atom. The Hall–Kier alpha value is -2.82. The van der Waals surface area contributed by atoms with Crippen LogP contribution in [0, 0.1) is 29.0 Å². The van der Waals surface area contributed by atoms with Crippen LogP contribution in [0.4, 0.5) is 20.6 Å². The number of rotatable bonds is 5. The molecule has 1 aromatic rings. The van der Waals surface area contributed by atoms with Crippen LogP contribution in [-0.2, 0) is 9.53 Å². The van der Waals surface area contributed by atoms with Crippen molar-refractivity contribution in [1.29, 1.82) is 5.26 Å². The first-order chi connectivity index (χ1) is 13.4. The number of anilines is 2. The number of carbonyl (C=O) groups excluding carboxylic acids is 2. The van der Waals surface area contributed by atoms with Crippen molar-refractivity contribution in [3.05, 3.63) is 24.0 Å². The largest absolute Gasteiger partial charge is 0.442 e. The van der Waals surface area contributed by atoms with E-state index >= 15 is 0 Å². The van der Waals surface area contributed by atoms with Crippen LogP contribution in [0.15, 0.2) is 18.2 Å². The smallest absolute Gasteiger partial charge is 0.414 e. The first kappa shape index (κ1) is 19.9. The number of amides is 2. The molecule has 1 N–H and O–H groups in total. The molecule has 0 aromatic heterocycles. The zero-order valence-corrected chi connectivity index (χ0v) is 16.2. The van der Waals surface area contributed by atoms with Gasteiger partial charge in [0.05, 0.1) is 30.5 Å². The monoisotopic (exact) mass is 388 g/mol. The van der Waals surface area contributed by atoms with Gasteiger partial charge in [-0.25, -0.2) is 9.18 Å². The summed E-state index contributed by atoms with van der Waals surface area (Å²) in [6, 6.07) is 6.99. The van der Waals surface area contributed by atoms with Gasteiger partial charge in [0.15, 0.2) is 0 Å². The van der Waals surface area contributed by atoms with Crippen molar-refractivity contribution in [2.24, 2.45) is 11.8 Å². The molecule has 0 spiro atoms. The van der Waals surface area contributed by atoms with E-state index in [9.17, 15) is 14.0 Å². The van der Waals surface area contributed by atoms with Gasteiger partial charge in [0.25, 0.3) is 0 Å². The van der Waals surface area contributed by atoms with Gasteiger partial charge in [-0.1, -0.05) is 6.92 Å². The lowest BCUT2D eigenvalue weighted by Gasteiger charge is -2.37. The van der Waals surface area contributed by atoms with Crippen molar-refractivity contribution >= 4 is 23.4 Å². The summed E-state index contributed by atoms with van der Waals surface area (Å²) in [5, 5.41) is 11.5. The normalized spacial score (nSPS) is 24.6. The number of piperidine rings is 1. The number of benzene rings is 1. The van der Waals surface area contributed by atoms with Crippen molar-refractivity contribution < 1.29 is 18.7 Å². The molecule has 7 nitrogen and oxygen atoms in total. The van der Waals surface area contributed by atoms with Gasteiger partial charge in [-0.3, -0.25) is 9.69 Å². The first-order valence-electron chi connectivity index (χ1n) is 9.53. The maximum absolute atomic E-state index is 14.8. The number of carbonyl (C=O) groups is 2. The van der Waals surface area contributed by atoms with Crippen LogP contribution >= 0.6 is 0 Å². The van der Waals surface area contributed by atoms with Crippen LogP contribution in [0.5, 0.6) is 0 Å². The van der Waals surface area contributed by atoms with Crippen LogP contribution in [0.1, 0.15) is 26.7 Å². The molecule has 1 aromatic carbocycles. The van der Waals surface area contributed by atoms with Crippen molar-refractivity contribution in [3.8, 4) is 6.07 Å². The van der Waals surface area contributed by atoms with E-state index in [1.165, 1.54) is 17.9 Å². The summed E-state index contributed by atoms with van der Waals surface area (Å²) in [5.41, 5.74) is 0.942. The molecule has 0 radical (unpaired) electrons. The molecule has 0 bridgehead atoms. The van der Waals surface area contributed by atoms with E-state index in [0.717, 1.165) is 6.42 Å². The highest BCUT2D eigenvalue weighted by Crippen LogP contribution is 2.33. The number of nitrogens with one attached hydrogen (secondary N) is 1. The van der Waals surface area contributed by atoms with Crippen LogP contribution < -0.4 is 15.1 Å². The molecule has 2 aliphatic rings. The third-order valence-corrected chi connectivity index (χ3v) is 5.47. The fraction of sp³-hybridized carbons (Fsp3) is 0.550. The standard InChI is InChI=1S/C20H25FN4O3/c1-13-11-24(8-6-15(13)5-7-22)19-4-3-16(9-18(19)21)25-12-17(28-20(25)27)10-23-14(2)26/h3-4,9,13,15,17H,5-6,8,10-12H2,1-2H3,(H,23,26)/t13?,15?,17-/m0/s1. The Balaban J connectivity index is 1.67. The molecule has 2 fully saturated rings. The summed E-state index contributed by atoms with van der Waals surface area (Å²) in [5.74, 6) is 0.0817. The van der Waals surface area contributed by atoms with Crippen LogP contribution in [0.2, 0.25) is 0 Å². The van der Waals surface area contributed by atoms with Gasteiger partial charge in [-0.05, 0) is 36.5 Å². The minimum Gasteiger partial charge on any atom is -0.442 e. The molecule has 2 amide bonds.